The molecule has 1 heterocycles. The van der Waals surface area contributed by atoms with E-state index in [0.717, 1.165) is 12.1 Å². The van der Waals surface area contributed by atoms with Crippen LogP contribution in [0.5, 0.6) is 0 Å². The van der Waals surface area contributed by atoms with Gasteiger partial charge in [-0.05, 0) is 42.2 Å². The van der Waals surface area contributed by atoms with Crippen LogP contribution in [0.2, 0.25) is 0 Å². The minimum absolute atomic E-state index is 0.110. The van der Waals surface area contributed by atoms with Crippen molar-refractivity contribution in [3.8, 4) is 11.8 Å². The Labute approximate surface area is 186 Å². The van der Waals surface area contributed by atoms with E-state index in [1.54, 1.807) is 23.7 Å². The minimum Gasteiger partial charge on any atom is -0.344 e. The number of hydrogen-bond acceptors (Lipinski definition) is 5. The van der Waals surface area contributed by atoms with E-state index < -0.39 is 0 Å². The van der Waals surface area contributed by atoms with Crippen LogP contribution in [0.4, 0.5) is 0 Å². The molecule has 6 nitrogen and oxygen atoms in total. The smallest absolute Gasteiger partial charge is 0.266 e. The van der Waals surface area contributed by atoms with Crippen LogP contribution in [0.1, 0.15) is 38.2 Å². The lowest BCUT2D eigenvalue weighted by Gasteiger charge is -2.17. The summed E-state index contributed by atoms with van der Waals surface area (Å²) in [6.07, 6.45) is 1.33. The summed E-state index contributed by atoms with van der Waals surface area (Å²) in [5.41, 5.74) is 2.39. The Morgan fingerprint density at radius 1 is 1.23 bits per heavy atom. The number of carbonyl (C=O) groups excluding carboxylic acids is 1. The van der Waals surface area contributed by atoms with E-state index in [9.17, 15) is 9.59 Å². The summed E-state index contributed by atoms with van der Waals surface area (Å²) in [6.45, 7) is 4.70. The molecule has 0 aliphatic rings. The lowest BCUT2D eigenvalue weighted by Crippen LogP contribution is -2.29. The van der Waals surface area contributed by atoms with Crippen LogP contribution in [0.15, 0.2) is 58.5 Å². The Balaban J connectivity index is 1.99. The predicted octanol–water partition coefficient (Wildman–Crippen LogP) is 4.36. The first-order chi connectivity index (χ1) is 15.0. The fourth-order valence-corrected chi connectivity index (χ4v) is 4.16. The standard InChI is InChI=1S/C24H26N4O2S/c1-4-17(2)18-10-12-19(13-11-18)28-23(30)20-8-5-6-9-21(20)26-24(28)31-16-22(29)27(3)15-7-14-25/h5-6,8-13,17H,4,7,15-16H2,1-3H3/t17-/m1/s1. The van der Waals surface area contributed by atoms with Crippen LogP contribution in [0.3, 0.4) is 0 Å². The van der Waals surface area contributed by atoms with Gasteiger partial charge in [0.25, 0.3) is 5.56 Å². The number of aromatic nitrogens is 2. The molecule has 31 heavy (non-hydrogen) atoms. The van der Waals surface area contributed by atoms with Crippen LogP contribution in [-0.2, 0) is 4.79 Å². The molecule has 0 spiro atoms. The van der Waals surface area contributed by atoms with Crippen molar-refractivity contribution >= 4 is 28.6 Å². The van der Waals surface area contributed by atoms with Gasteiger partial charge in [0.05, 0.1) is 34.8 Å². The monoisotopic (exact) mass is 434 g/mol. The first kappa shape index (κ1) is 22.6. The zero-order valence-electron chi connectivity index (χ0n) is 18.0. The lowest BCUT2D eigenvalue weighted by molar-refractivity contribution is -0.127. The number of carbonyl (C=O) groups is 1. The van der Waals surface area contributed by atoms with E-state index in [0.29, 0.717) is 28.5 Å². The molecule has 3 rings (SSSR count). The summed E-state index contributed by atoms with van der Waals surface area (Å²) < 4.78 is 1.58. The number of nitrogens with zero attached hydrogens (tertiary/aromatic N) is 4. The van der Waals surface area contributed by atoms with Crippen LogP contribution in [0, 0.1) is 11.3 Å². The Morgan fingerprint density at radius 3 is 2.61 bits per heavy atom. The summed E-state index contributed by atoms with van der Waals surface area (Å²) >= 11 is 1.23. The van der Waals surface area contributed by atoms with Gasteiger partial charge >= 0.3 is 0 Å². The van der Waals surface area contributed by atoms with Crippen molar-refractivity contribution in [3.63, 3.8) is 0 Å². The molecule has 0 bridgehead atoms. The highest BCUT2D eigenvalue weighted by molar-refractivity contribution is 7.99. The SMILES string of the molecule is CC[C@@H](C)c1ccc(-n2c(SCC(=O)N(C)CCC#N)nc3ccccc3c2=O)cc1. The molecule has 0 saturated carbocycles. The Hall–Kier alpha value is -3.11. The zero-order chi connectivity index (χ0) is 22.4. The molecule has 0 N–H and O–H groups in total. The highest BCUT2D eigenvalue weighted by Crippen LogP contribution is 2.24. The van der Waals surface area contributed by atoms with Gasteiger partial charge < -0.3 is 4.90 Å². The second-order valence-corrected chi connectivity index (χ2v) is 8.41. The highest BCUT2D eigenvalue weighted by Gasteiger charge is 2.16. The normalized spacial score (nSPS) is 11.8. The van der Waals surface area contributed by atoms with Gasteiger partial charge in [-0.15, -0.1) is 0 Å². The van der Waals surface area contributed by atoms with E-state index >= 15 is 0 Å². The number of nitriles is 1. The number of hydrogen-bond donors (Lipinski definition) is 0. The molecule has 0 aliphatic heterocycles. The van der Waals surface area contributed by atoms with E-state index in [-0.39, 0.29) is 23.6 Å². The summed E-state index contributed by atoms with van der Waals surface area (Å²) in [5.74, 6) is 0.467. The molecule has 3 aromatic rings. The summed E-state index contributed by atoms with van der Waals surface area (Å²) in [5, 5.41) is 9.74. The lowest BCUT2D eigenvalue weighted by atomic mass is 9.98. The van der Waals surface area contributed by atoms with Crippen molar-refractivity contribution in [1.82, 2.24) is 14.5 Å². The Morgan fingerprint density at radius 2 is 1.94 bits per heavy atom. The molecule has 7 heteroatoms. The first-order valence-electron chi connectivity index (χ1n) is 10.3. The second-order valence-electron chi connectivity index (χ2n) is 7.47. The number of para-hydroxylation sites is 1. The van der Waals surface area contributed by atoms with E-state index in [1.165, 1.54) is 22.2 Å². The minimum atomic E-state index is -0.158. The predicted molar refractivity (Wildman–Crippen MR) is 125 cm³/mol. The zero-order valence-corrected chi connectivity index (χ0v) is 18.9. The summed E-state index contributed by atoms with van der Waals surface area (Å²) in [6, 6.07) is 17.2. The molecule has 0 unspecified atom stereocenters. The van der Waals surface area contributed by atoms with Crippen LogP contribution < -0.4 is 5.56 Å². The third kappa shape index (κ3) is 5.15. The topological polar surface area (TPSA) is 79.0 Å². The first-order valence-corrected chi connectivity index (χ1v) is 11.3. The van der Waals surface area contributed by atoms with Crippen LogP contribution in [0.25, 0.3) is 16.6 Å². The molecule has 0 aliphatic carbocycles. The van der Waals surface area contributed by atoms with Gasteiger partial charge in [-0.2, -0.15) is 5.26 Å². The summed E-state index contributed by atoms with van der Waals surface area (Å²) in [4.78, 5) is 32.0. The maximum Gasteiger partial charge on any atom is 0.266 e. The number of fused-ring (bicyclic) bond motifs is 1. The van der Waals surface area contributed by atoms with Gasteiger partial charge in [-0.1, -0.05) is 49.9 Å². The largest absolute Gasteiger partial charge is 0.344 e. The molecular formula is C24H26N4O2S. The molecule has 2 aromatic carbocycles. The van der Waals surface area contributed by atoms with Crippen molar-refractivity contribution < 1.29 is 4.79 Å². The fraction of sp³-hybridized carbons (Fsp3) is 0.333. The van der Waals surface area contributed by atoms with E-state index in [4.69, 9.17) is 5.26 Å². The maximum atomic E-state index is 13.3. The number of benzene rings is 2. The van der Waals surface area contributed by atoms with Gasteiger partial charge in [0.1, 0.15) is 0 Å². The molecular weight excluding hydrogens is 408 g/mol. The molecule has 1 amide bonds. The molecule has 0 fully saturated rings. The summed E-state index contributed by atoms with van der Waals surface area (Å²) in [7, 11) is 1.68. The average molecular weight is 435 g/mol. The second kappa shape index (κ2) is 10.3. The molecule has 0 radical (unpaired) electrons. The van der Waals surface area contributed by atoms with E-state index in [1.807, 2.05) is 42.5 Å². The number of rotatable bonds is 8. The number of amides is 1. The molecule has 160 valence electrons. The average Bonchev–Trinajstić information content (AvgIpc) is 2.80. The van der Waals surface area contributed by atoms with Gasteiger partial charge in [0, 0.05) is 13.6 Å². The third-order valence-corrected chi connectivity index (χ3v) is 6.31. The van der Waals surface area contributed by atoms with Crippen molar-refractivity contribution in [2.75, 3.05) is 19.3 Å². The molecule has 0 saturated heterocycles. The van der Waals surface area contributed by atoms with E-state index in [2.05, 4.69) is 18.8 Å². The molecule has 1 aromatic heterocycles. The fourth-order valence-electron chi connectivity index (χ4n) is 3.20. The van der Waals surface area contributed by atoms with Crippen LogP contribution >= 0.6 is 11.8 Å². The van der Waals surface area contributed by atoms with Crippen molar-refractivity contribution in [3.05, 3.63) is 64.4 Å². The Bertz CT molecular complexity index is 1160. The highest BCUT2D eigenvalue weighted by atomic mass is 32.2. The third-order valence-electron chi connectivity index (χ3n) is 5.39. The van der Waals surface area contributed by atoms with Gasteiger partial charge in [0.15, 0.2) is 5.16 Å². The van der Waals surface area contributed by atoms with Crippen molar-refractivity contribution in [1.29, 1.82) is 5.26 Å². The molecule has 1 atom stereocenters. The van der Waals surface area contributed by atoms with Gasteiger partial charge in [-0.3, -0.25) is 14.2 Å². The van der Waals surface area contributed by atoms with Crippen LogP contribution in [-0.4, -0.2) is 39.7 Å². The number of thioether (sulfide) groups is 1. The van der Waals surface area contributed by atoms with Crippen molar-refractivity contribution in [2.24, 2.45) is 0 Å². The van der Waals surface area contributed by atoms with Gasteiger partial charge in [0.2, 0.25) is 5.91 Å². The van der Waals surface area contributed by atoms with Crippen molar-refractivity contribution in [2.45, 2.75) is 37.8 Å². The quantitative estimate of drug-likeness (QED) is 0.389. The Kier molecular flexibility index (Phi) is 7.48. The maximum absolute atomic E-state index is 13.3. The van der Waals surface area contributed by atoms with Gasteiger partial charge in [-0.25, -0.2) is 4.98 Å².